The maximum absolute atomic E-state index is 12.3. The molecule has 0 N–H and O–H groups in total. The molecule has 14 heteroatoms. The molecule has 0 radical (unpaired) electrons. The molecule has 2 aliphatic heterocycles. The van der Waals surface area contributed by atoms with Crippen LogP contribution in [0.4, 0.5) is 13.2 Å². The predicted octanol–water partition coefficient (Wildman–Crippen LogP) is 2.21. The first-order valence-corrected chi connectivity index (χ1v) is 10.1. The van der Waals surface area contributed by atoms with Gasteiger partial charge in [-0.05, 0) is 24.3 Å². The van der Waals surface area contributed by atoms with E-state index in [-0.39, 0.29) is 12.3 Å². The van der Waals surface area contributed by atoms with Crippen molar-refractivity contribution in [3.05, 3.63) is 39.4 Å². The summed E-state index contributed by atoms with van der Waals surface area (Å²) in [4.78, 5) is 18.4. The number of aromatic nitrogens is 2. The van der Waals surface area contributed by atoms with E-state index in [1.165, 1.54) is 35.6 Å². The number of nitrogens with zero attached hydrogens (tertiary/aromatic N) is 6. The summed E-state index contributed by atoms with van der Waals surface area (Å²) in [5.41, 5.74) is 0.637. The number of ether oxygens (including phenoxy) is 2. The zero-order valence-electron chi connectivity index (χ0n) is 16.0. The van der Waals surface area contributed by atoms with Crippen molar-refractivity contribution in [3.63, 3.8) is 0 Å². The lowest BCUT2D eigenvalue weighted by atomic mass is 10.2. The molecule has 4 rings (SSSR count). The zero-order valence-corrected chi connectivity index (χ0v) is 16.8. The third kappa shape index (κ3) is 5.38. The van der Waals surface area contributed by atoms with Crippen LogP contribution in [0.3, 0.4) is 0 Å². The summed E-state index contributed by atoms with van der Waals surface area (Å²) in [5.74, 6) is -0.300. The molecule has 0 bridgehead atoms. The van der Waals surface area contributed by atoms with Gasteiger partial charge in [0.15, 0.2) is 0 Å². The molecular weight excluding hydrogens is 441 g/mol. The molecule has 0 aliphatic carbocycles. The largest absolute Gasteiger partial charge is 0.573 e. The Hall–Kier alpha value is -3.00. The van der Waals surface area contributed by atoms with Crippen LogP contribution in [-0.2, 0) is 11.3 Å². The quantitative estimate of drug-likeness (QED) is 0.496. The van der Waals surface area contributed by atoms with Gasteiger partial charge in [-0.15, -0.1) is 23.4 Å². The lowest BCUT2D eigenvalue weighted by molar-refractivity contribution is -0.518. The van der Waals surface area contributed by atoms with Gasteiger partial charge < -0.3 is 14.4 Å². The van der Waals surface area contributed by atoms with Gasteiger partial charge in [0.1, 0.15) is 28.9 Å². The minimum atomic E-state index is -4.74. The van der Waals surface area contributed by atoms with Gasteiger partial charge in [0.2, 0.25) is 0 Å². The molecule has 0 spiro atoms. The predicted molar refractivity (Wildman–Crippen MR) is 103 cm³/mol. The minimum Gasteiger partial charge on any atom is -0.464 e. The number of aliphatic imine (C=N–C) groups is 1. The third-order valence-corrected chi connectivity index (χ3v) is 5.60. The molecule has 1 aromatic carbocycles. The minimum absolute atomic E-state index is 0.188. The van der Waals surface area contributed by atoms with Crippen molar-refractivity contribution < 1.29 is 27.6 Å². The van der Waals surface area contributed by atoms with Crippen LogP contribution >= 0.6 is 11.3 Å². The summed E-state index contributed by atoms with van der Waals surface area (Å²) in [5, 5.41) is 20.6. The zero-order chi connectivity index (χ0) is 22.0. The monoisotopic (exact) mass is 458 g/mol. The van der Waals surface area contributed by atoms with Crippen molar-refractivity contribution in [3.8, 4) is 16.3 Å². The van der Waals surface area contributed by atoms with Gasteiger partial charge in [-0.25, -0.2) is 0 Å². The Morgan fingerprint density at radius 1 is 1.23 bits per heavy atom. The molecule has 1 fully saturated rings. The molecule has 31 heavy (non-hydrogen) atoms. The van der Waals surface area contributed by atoms with Crippen LogP contribution in [0.2, 0.25) is 0 Å². The Kier molecular flexibility index (Phi) is 5.91. The Labute approximate surface area is 178 Å². The first kappa shape index (κ1) is 21.2. The number of alkyl halides is 3. The van der Waals surface area contributed by atoms with Crippen molar-refractivity contribution in [1.29, 1.82) is 0 Å². The van der Waals surface area contributed by atoms with Gasteiger partial charge >= 0.3 is 12.5 Å². The highest BCUT2D eigenvalue weighted by molar-refractivity contribution is 7.14. The average Bonchev–Trinajstić information content (AvgIpc) is 3.30. The SMILES string of the molecule is O=[N+]([O-])C1CN2CCN(Cc3nnc(-c4ccc(OC(F)(F)F)cc4)s3)CCOC2=N1. The van der Waals surface area contributed by atoms with Crippen molar-refractivity contribution in [2.45, 2.75) is 19.1 Å². The lowest BCUT2D eigenvalue weighted by Gasteiger charge is -2.28. The highest BCUT2D eigenvalue weighted by atomic mass is 32.1. The van der Waals surface area contributed by atoms with E-state index >= 15 is 0 Å². The Balaban J connectivity index is 1.35. The summed E-state index contributed by atoms with van der Waals surface area (Å²) in [6, 6.07) is 5.77. The van der Waals surface area contributed by atoms with Crippen molar-refractivity contribution in [1.82, 2.24) is 20.0 Å². The highest BCUT2D eigenvalue weighted by Crippen LogP contribution is 2.28. The third-order valence-electron chi connectivity index (χ3n) is 4.64. The normalized spacial score (nSPS) is 19.8. The van der Waals surface area contributed by atoms with E-state index in [2.05, 4.69) is 24.8 Å². The van der Waals surface area contributed by atoms with Crippen LogP contribution in [0.5, 0.6) is 5.75 Å². The first-order chi connectivity index (χ1) is 14.8. The summed E-state index contributed by atoms with van der Waals surface area (Å²) >= 11 is 1.34. The smallest absolute Gasteiger partial charge is 0.464 e. The fourth-order valence-corrected chi connectivity index (χ4v) is 4.06. The molecule has 1 aromatic heterocycles. The van der Waals surface area contributed by atoms with Crippen LogP contribution in [0.15, 0.2) is 29.3 Å². The number of nitro groups is 1. The summed E-state index contributed by atoms with van der Waals surface area (Å²) in [7, 11) is 0. The molecule has 0 amide bonds. The van der Waals surface area contributed by atoms with E-state index in [9.17, 15) is 23.3 Å². The van der Waals surface area contributed by atoms with E-state index in [0.717, 1.165) is 5.01 Å². The van der Waals surface area contributed by atoms with E-state index in [1.54, 1.807) is 4.90 Å². The second-order valence-corrected chi connectivity index (χ2v) is 7.88. The van der Waals surface area contributed by atoms with E-state index < -0.39 is 17.5 Å². The van der Waals surface area contributed by atoms with Crippen LogP contribution in [-0.4, -0.2) is 76.3 Å². The Morgan fingerprint density at radius 2 is 2.00 bits per heavy atom. The molecule has 1 unspecified atom stereocenters. The van der Waals surface area contributed by atoms with Gasteiger partial charge in [0.25, 0.3) is 6.02 Å². The number of benzene rings is 1. The molecule has 1 atom stereocenters. The van der Waals surface area contributed by atoms with Crippen LogP contribution in [0.25, 0.3) is 10.6 Å². The van der Waals surface area contributed by atoms with Crippen LogP contribution < -0.4 is 4.74 Å². The number of hydrogen-bond donors (Lipinski definition) is 0. The van der Waals surface area contributed by atoms with Crippen molar-refractivity contribution in [2.75, 3.05) is 32.8 Å². The Bertz CT molecular complexity index is 968. The maximum Gasteiger partial charge on any atom is 0.573 e. The molecule has 3 heterocycles. The number of halogens is 3. The van der Waals surface area contributed by atoms with Crippen molar-refractivity contribution in [2.24, 2.45) is 4.99 Å². The number of rotatable bonds is 5. The molecule has 2 aliphatic rings. The fraction of sp³-hybridized carbons (Fsp3) is 0.471. The summed E-state index contributed by atoms with van der Waals surface area (Å²) in [6.45, 7) is 2.81. The molecule has 10 nitrogen and oxygen atoms in total. The number of fused-ring (bicyclic) bond motifs is 1. The van der Waals surface area contributed by atoms with Gasteiger partial charge in [-0.3, -0.25) is 15.0 Å². The maximum atomic E-state index is 12.3. The molecule has 1 saturated heterocycles. The second kappa shape index (κ2) is 8.63. The Morgan fingerprint density at radius 3 is 2.71 bits per heavy atom. The van der Waals surface area contributed by atoms with E-state index in [1.807, 2.05) is 0 Å². The van der Waals surface area contributed by atoms with Gasteiger partial charge in [0, 0.05) is 30.1 Å². The summed E-state index contributed by atoms with van der Waals surface area (Å²) in [6.07, 6.45) is -5.74. The topological polar surface area (TPSA) is 106 Å². The van der Waals surface area contributed by atoms with Crippen LogP contribution in [0.1, 0.15) is 5.01 Å². The average molecular weight is 458 g/mol. The van der Waals surface area contributed by atoms with Crippen molar-refractivity contribution >= 4 is 17.4 Å². The fourth-order valence-electron chi connectivity index (χ4n) is 3.18. The van der Waals surface area contributed by atoms with Gasteiger partial charge in [-0.2, -0.15) is 4.99 Å². The van der Waals surface area contributed by atoms with E-state index in [0.29, 0.717) is 49.4 Å². The first-order valence-electron chi connectivity index (χ1n) is 9.27. The molecule has 166 valence electrons. The lowest BCUT2D eigenvalue weighted by Crippen LogP contribution is -2.43. The van der Waals surface area contributed by atoms with Gasteiger partial charge in [-0.1, -0.05) is 11.3 Å². The summed E-state index contributed by atoms with van der Waals surface area (Å²) < 4.78 is 46.3. The van der Waals surface area contributed by atoms with Gasteiger partial charge in [0.05, 0.1) is 6.54 Å². The molecule has 2 aromatic rings. The standard InChI is InChI=1S/C17H17F3N6O4S/c18-17(19,20)30-12-3-1-11(2-4-12)15-23-22-14(31-15)10-24-5-6-25-9-13(26(27)28)21-16(25)29-8-7-24/h1-4,13H,5-10H2. The number of hydrogen-bond acceptors (Lipinski definition) is 10. The molecular formula is C17H17F3N6O4S. The number of amidine groups is 1. The molecule has 0 saturated carbocycles. The van der Waals surface area contributed by atoms with Crippen LogP contribution in [0, 0.1) is 10.1 Å². The highest BCUT2D eigenvalue weighted by Gasteiger charge is 2.35. The second-order valence-electron chi connectivity index (χ2n) is 6.82. The van der Waals surface area contributed by atoms with E-state index in [4.69, 9.17) is 4.74 Å².